The van der Waals surface area contributed by atoms with Gasteiger partial charge < -0.3 is 24.4 Å². The fourth-order valence-electron chi connectivity index (χ4n) is 2.39. The Hall–Kier alpha value is -1.59. The molecule has 0 saturated carbocycles. The summed E-state index contributed by atoms with van der Waals surface area (Å²) < 4.78 is 16.2. The van der Waals surface area contributed by atoms with E-state index in [2.05, 4.69) is 20.7 Å². The van der Waals surface area contributed by atoms with Gasteiger partial charge in [-0.15, -0.1) is 35.3 Å². The van der Waals surface area contributed by atoms with Crippen molar-refractivity contribution in [1.82, 2.24) is 15.2 Å². The second-order valence-corrected chi connectivity index (χ2v) is 6.80. The molecule has 1 N–H and O–H groups in total. The molecule has 0 aliphatic carbocycles. The highest BCUT2D eigenvalue weighted by Crippen LogP contribution is 2.21. The largest absolute Gasteiger partial charge is 0.497 e. The molecule has 156 valence electrons. The molecule has 0 bridgehead atoms. The summed E-state index contributed by atoms with van der Waals surface area (Å²) in [5.41, 5.74) is 0.999. The van der Waals surface area contributed by atoms with Gasteiger partial charge in [0.1, 0.15) is 29.2 Å². The summed E-state index contributed by atoms with van der Waals surface area (Å²) in [6.07, 6.45) is 0.0154. The number of benzene rings is 1. The predicted octanol–water partition coefficient (Wildman–Crippen LogP) is 3.56. The normalized spacial score (nSPS) is 12.1. The standard InChI is InChI=1S/C19H28N4O3S.HI/c1-14(24-4)18-22-15(13-27-18)12-23(3)19(20-2)21-10-11-26-17-8-6-16(25-5)7-9-17;/h6-9,13-14H,10-12H2,1-5H3,(H,20,21);1H. The molecule has 1 atom stereocenters. The van der Waals surface area contributed by atoms with Gasteiger partial charge in [0.05, 0.1) is 25.9 Å². The Balaban J connectivity index is 0.00000392. The van der Waals surface area contributed by atoms with E-state index in [1.54, 1.807) is 32.6 Å². The molecule has 0 amide bonds. The average Bonchev–Trinajstić information content (AvgIpc) is 3.16. The van der Waals surface area contributed by atoms with Crippen LogP contribution >= 0.6 is 35.3 Å². The summed E-state index contributed by atoms with van der Waals surface area (Å²) in [5, 5.41) is 6.34. The lowest BCUT2D eigenvalue weighted by Gasteiger charge is -2.21. The van der Waals surface area contributed by atoms with Crippen LogP contribution in [0.2, 0.25) is 0 Å². The lowest BCUT2D eigenvalue weighted by atomic mass is 10.3. The summed E-state index contributed by atoms with van der Waals surface area (Å²) in [6.45, 7) is 3.85. The zero-order valence-electron chi connectivity index (χ0n) is 17.0. The van der Waals surface area contributed by atoms with Gasteiger partial charge in [0, 0.05) is 26.6 Å². The van der Waals surface area contributed by atoms with Crippen LogP contribution in [0.4, 0.5) is 0 Å². The van der Waals surface area contributed by atoms with Crippen molar-refractivity contribution in [3.63, 3.8) is 0 Å². The minimum Gasteiger partial charge on any atom is -0.497 e. The maximum atomic E-state index is 5.72. The molecule has 1 unspecified atom stereocenters. The van der Waals surface area contributed by atoms with Crippen LogP contribution in [-0.2, 0) is 11.3 Å². The number of aromatic nitrogens is 1. The predicted molar refractivity (Wildman–Crippen MR) is 124 cm³/mol. The molecule has 0 radical (unpaired) electrons. The first-order valence-corrected chi connectivity index (χ1v) is 9.61. The number of thiazole rings is 1. The summed E-state index contributed by atoms with van der Waals surface area (Å²) in [4.78, 5) is 11.0. The Morgan fingerprint density at radius 3 is 2.54 bits per heavy atom. The highest BCUT2D eigenvalue weighted by atomic mass is 127. The monoisotopic (exact) mass is 520 g/mol. The zero-order valence-corrected chi connectivity index (χ0v) is 20.1. The first kappa shape index (κ1) is 24.4. The second-order valence-electron chi connectivity index (χ2n) is 5.91. The highest BCUT2D eigenvalue weighted by Gasteiger charge is 2.12. The number of nitrogens with zero attached hydrogens (tertiary/aromatic N) is 3. The van der Waals surface area contributed by atoms with Gasteiger partial charge in [-0.3, -0.25) is 4.99 Å². The van der Waals surface area contributed by atoms with Crippen LogP contribution in [0.3, 0.4) is 0 Å². The molecular weight excluding hydrogens is 491 g/mol. The molecule has 0 spiro atoms. The molecule has 9 heteroatoms. The molecule has 2 rings (SSSR count). The van der Waals surface area contributed by atoms with Gasteiger partial charge in [0.15, 0.2) is 5.96 Å². The SMILES string of the molecule is CN=C(NCCOc1ccc(OC)cc1)N(C)Cc1csc(C(C)OC)n1.I. The van der Waals surface area contributed by atoms with Crippen LogP contribution in [0.25, 0.3) is 0 Å². The number of nitrogens with one attached hydrogen (secondary N) is 1. The van der Waals surface area contributed by atoms with Crippen LogP contribution in [0.1, 0.15) is 23.7 Å². The number of methoxy groups -OCH3 is 2. The zero-order chi connectivity index (χ0) is 19.6. The number of hydrogen-bond donors (Lipinski definition) is 1. The van der Waals surface area contributed by atoms with Crippen LogP contribution in [0.5, 0.6) is 11.5 Å². The lowest BCUT2D eigenvalue weighted by molar-refractivity contribution is 0.119. The summed E-state index contributed by atoms with van der Waals surface area (Å²) in [5.74, 6) is 2.42. The Morgan fingerprint density at radius 2 is 1.93 bits per heavy atom. The van der Waals surface area contributed by atoms with Crippen LogP contribution in [0.15, 0.2) is 34.6 Å². The number of ether oxygens (including phenoxy) is 3. The van der Waals surface area contributed by atoms with Gasteiger partial charge in [-0.2, -0.15) is 0 Å². The quantitative estimate of drug-likeness (QED) is 0.236. The maximum Gasteiger partial charge on any atom is 0.193 e. The van der Waals surface area contributed by atoms with Crippen molar-refractivity contribution in [2.24, 2.45) is 4.99 Å². The minimum absolute atomic E-state index is 0. The molecule has 7 nitrogen and oxygen atoms in total. The second kappa shape index (κ2) is 12.8. The number of aliphatic imine (C=N–C) groups is 1. The van der Waals surface area contributed by atoms with Crippen LogP contribution < -0.4 is 14.8 Å². The molecule has 0 saturated heterocycles. The van der Waals surface area contributed by atoms with Gasteiger partial charge in [0.25, 0.3) is 0 Å². The van der Waals surface area contributed by atoms with Crippen molar-refractivity contribution in [3.8, 4) is 11.5 Å². The first-order valence-electron chi connectivity index (χ1n) is 8.73. The Labute approximate surface area is 188 Å². The molecule has 1 heterocycles. The summed E-state index contributed by atoms with van der Waals surface area (Å²) in [6, 6.07) is 7.53. The maximum absolute atomic E-state index is 5.72. The van der Waals surface area contributed by atoms with Crippen molar-refractivity contribution in [2.75, 3.05) is 41.5 Å². The van der Waals surface area contributed by atoms with E-state index in [0.717, 1.165) is 28.2 Å². The van der Waals surface area contributed by atoms with E-state index < -0.39 is 0 Å². The third-order valence-electron chi connectivity index (χ3n) is 3.96. The average molecular weight is 520 g/mol. The van der Waals surface area contributed by atoms with Crippen LogP contribution in [-0.4, -0.2) is 57.3 Å². The van der Waals surface area contributed by atoms with Gasteiger partial charge in [-0.1, -0.05) is 0 Å². The molecule has 2 aromatic rings. The van der Waals surface area contributed by atoms with Crippen LogP contribution in [0, 0.1) is 0 Å². The number of guanidine groups is 1. The van der Waals surface area contributed by atoms with Gasteiger partial charge in [-0.05, 0) is 31.2 Å². The highest BCUT2D eigenvalue weighted by molar-refractivity contribution is 14.0. The third kappa shape index (κ3) is 7.44. The van der Waals surface area contributed by atoms with E-state index in [-0.39, 0.29) is 30.1 Å². The van der Waals surface area contributed by atoms with Gasteiger partial charge in [-0.25, -0.2) is 4.98 Å². The topological polar surface area (TPSA) is 68.2 Å². The van der Waals surface area contributed by atoms with E-state index >= 15 is 0 Å². The number of halogens is 1. The van der Waals surface area contributed by atoms with E-state index in [9.17, 15) is 0 Å². The van der Waals surface area contributed by atoms with E-state index in [0.29, 0.717) is 19.7 Å². The third-order valence-corrected chi connectivity index (χ3v) is 5.01. The lowest BCUT2D eigenvalue weighted by Crippen LogP contribution is -2.40. The number of hydrogen-bond acceptors (Lipinski definition) is 6. The fraction of sp³-hybridized carbons (Fsp3) is 0.474. The minimum atomic E-state index is 0. The van der Waals surface area contributed by atoms with Crippen molar-refractivity contribution < 1.29 is 14.2 Å². The molecule has 1 aromatic carbocycles. The number of rotatable bonds is 9. The van der Waals surface area contributed by atoms with Crippen molar-refractivity contribution >= 4 is 41.3 Å². The smallest absolute Gasteiger partial charge is 0.193 e. The van der Waals surface area contributed by atoms with Crippen molar-refractivity contribution in [1.29, 1.82) is 0 Å². The molecular formula is C19H29IN4O3S. The molecule has 1 aromatic heterocycles. The Bertz CT molecular complexity index is 724. The molecule has 0 fully saturated rings. The first-order chi connectivity index (χ1) is 13.1. The van der Waals surface area contributed by atoms with E-state index in [1.807, 2.05) is 43.1 Å². The van der Waals surface area contributed by atoms with Crippen molar-refractivity contribution in [2.45, 2.75) is 19.6 Å². The summed E-state index contributed by atoms with van der Waals surface area (Å²) >= 11 is 1.61. The Morgan fingerprint density at radius 1 is 1.25 bits per heavy atom. The Kier molecular flexibility index (Phi) is 11.2. The summed E-state index contributed by atoms with van der Waals surface area (Å²) in [7, 11) is 7.09. The molecule has 0 aliphatic rings. The van der Waals surface area contributed by atoms with Gasteiger partial charge in [0.2, 0.25) is 0 Å². The van der Waals surface area contributed by atoms with E-state index in [4.69, 9.17) is 14.2 Å². The van der Waals surface area contributed by atoms with Gasteiger partial charge >= 0.3 is 0 Å². The molecule has 0 aliphatic heterocycles. The fourth-order valence-corrected chi connectivity index (χ4v) is 3.23. The van der Waals surface area contributed by atoms with Crippen molar-refractivity contribution in [3.05, 3.63) is 40.3 Å². The van der Waals surface area contributed by atoms with E-state index in [1.165, 1.54) is 0 Å². The molecule has 28 heavy (non-hydrogen) atoms.